The fourth-order valence-corrected chi connectivity index (χ4v) is 1.50. The fourth-order valence-electron chi connectivity index (χ4n) is 1.32. The standard InChI is InChI=1S/C9H6F3N5OS/c10-9(11,12)7(18)13-5-3-1-2-4-6(5)17-8(19)14-15-16-17/h1-4H,(H,13,18)(H,14,16,19). The van der Waals surface area contributed by atoms with E-state index in [0.717, 1.165) is 0 Å². The van der Waals surface area contributed by atoms with E-state index in [0.29, 0.717) is 0 Å². The van der Waals surface area contributed by atoms with Crippen molar-refractivity contribution >= 4 is 23.8 Å². The summed E-state index contributed by atoms with van der Waals surface area (Å²) in [5.74, 6) is -2.07. The number of amides is 1. The van der Waals surface area contributed by atoms with Crippen LogP contribution in [0.5, 0.6) is 0 Å². The minimum atomic E-state index is -4.97. The SMILES string of the molecule is O=C(Nc1ccccc1-n1[nH]nnc1=S)C(F)(F)F. The van der Waals surface area contributed by atoms with E-state index in [9.17, 15) is 18.0 Å². The summed E-state index contributed by atoms with van der Waals surface area (Å²) in [7, 11) is 0. The minimum Gasteiger partial charge on any atom is -0.316 e. The van der Waals surface area contributed by atoms with E-state index in [1.54, 1.807) is 11.4 Å². The molecule has 1 aromatic carbocycles. The van der Waals surface area contributed by atoms with Crippen molar-refractivity contribution in [1.82, 2.24) is 20.2 Å². The molecule has 6 nitrogen and oxygen atoms in total. The Labute approximate surface area is 109 Å². The molecule has 0 bridgehead atoms. The van der Waals surface area contributed by atoms with Crippen LogP contribution in [0.4, 0.5) is 18.9 Å². The van der Waals surface area contributed by atoms with Gasteiger partial charge in [-0.05, 0) is 24.4 Å². The molecular formula is C9H6F3N5OS. The summed E-state index contributed by atoms with van der Waals surface area (Å²) < 4.78 is 37.8. The number of tetrazole rings is 1. The van der Waals surface area contributed by atoms with Gasteiger partial charge in [-0.25, -0.2) is 4.68 Å². The molecule has 1 aromatic heterocycles. The van der Waals surface area contributed by atoms with E-state index in [1.165, 1.54) is 22.9 Å². The molecule has 2 N–H and O–H groups in total. The Morgan fingerprint density at radius 1 is 1.37 bits per heavy atom. The zero-order valence-corrected chi connectivity index (χ0v) is 9.92. The Morgan fingerprint density at radius 3 is 2.63 bits per heavy atom. The molecule has 0 radical (unpaired) electrons. The lowest BCUT2D eigenvalue weighted by atomic mass is 10.2. The smallest absolute Gasteiger partial charge is 0.316 e. The number of carbonyl (C=O) groups excluding carboxylic acids is 1. The average molecular weight is 289 g/mol. The molecule has 0 aliphatic heterocycles. The average Bonchev–Trinajstić information content (AvgIpc) is 2.75. The summed E-state index contributed by atoms with van der Waals surface area (Å²) in [4.78, 5) is 10.9. The van der Waals surface area contributed by atoms with Crippen LogP contribution in [-0.2, 0) is 4.79 Å². The molecule has 0 atom stereocenters. The van der Waals surface area contributed by atoms with Gasteiger partial charge in [-0.3, -0.25) is 4.79 Å². The first-order valence-corrected chi connectivity index (χ1v) is 5.28. The van der Waals surface area contributed by atoms with Gasteiger partial charge in [0.05, 0.1) is 11.4 Å². The van der Waals surface area contributed by atoms with Crippen LogP contribution in [0.2, 0.25) is 0 Å². The van der Waals surface area contributed by atoms with Gasteiger partial charge in [-0.15, -0.1) is 0 Å². The molecule has 100 valence electrons. The van der Waals surface area contributed by atoms with Crippen molar-refractivity contribution in [3.05, 3.63) is 29.0 Å². The number of anilines is 1. The number of alkyl halides is 3. The first-order chi connectivity index (χ1) is 8.89. The third-order valence-electron chi connectivity index (χ3n) is 2.12. The molecule has 0 saturated carbocycles. The number of aromatic amines is 1. The highest BCUT2D eigenvalue weighted by Gasteiger charge is 2.39. The monoisotopic (exact) mass is 289 g/mol. The highest BCUT2D eigenvalue weighted by molar-refractivity contribution is 7.71. The highest BCUT2D eigenvalue weighted by atomic mass is 32.1. The number of para-hydroxylation sites is 2. The highest BCUT2D eigenvalue weighted by Crippen LogP contribution is 2.22. The maximum atomic E-state index is 12.2. The normalized spacial score (nSPS) is 11.3. The number of carbonyl (C=O) groups is 1. The summed E-state index contributed by atoms with van der Waals surface area (Å²) in [5, 5.41) is 11.1. The van der Waals surface area contributed by atoms with Gasteiger partial charge >= 0.3 is 12.1 Å². The van der Waals surface area contributed by atoms with Gasteiger partial charge in [-0.1, -0.05) is 22.4 Å². The molecule has 0 saturated heterocycles. The lowest BCUT2D eigenvalue weighted by Gasteiger charge is -2.11. The van der Waals surface area contributed by atoms with Crippen molar-refractivity contribution in [2.75, 3.05) is 5.32 Å². The number of hydrogen-bond acceptors (Lipinski definition) is 4. The van der Waals surface area contributed by atoms with E-state index >= 15 is 0 Å². The Hall–Kier alpha value is -2.23. The second-order valence-electron chi connectivity index (χ2n) is 3.39. The lowest BCUT2D eigenvalue weighted by Crippen LogP contribution is -2.30. The van der Waals surface area contributed by atoms with Crippen molar-refractivity contribution < 1.29 is 18.0 Å². The Morgan fingerprint density at radius 2 is 2.05 bits per heavy atom. The molecule has 0 aliphatic rings. The van der Waals surface area contributed by atoms with Crippen LogP contribution >= 0.6 is 12.2 Å². The summed E-state index contributed by atoms with van der Waals surface area (Å²) in [6, 6.07) is 5.81. The predicted octanol–water partition coefficient (Wildman–Crippen LogP) is 1.83. The van der Waals surface area contributed by atoms with Gasteiger partial charge in [0.2, 0.25) is 4.77 Å². The van der Waals surface area contributed by atoms with E-state index in [-0.39, 0.29) is 16.1 Å². The third kappa shape index (κ3) is 2.78. The molecular weight excluding hydrogens is 283 g/mol. The van der Waals surface area contributed by atoms with E-state index in [4.69, 9.17) is 12.2 Å². The van der Waals surface area contributed by atoms with E-state index < -0.39 is 12.1 Å². The van der Waals surface area contributed by atoms with Gasteiger partial charge < -0.3 is 5.32 Å². The van der Waals surface area contributed by atoms with Gasteiger partial charge in [0.1, 0.15) is 0 Å². The van der Waals surface area contributed by atoms with Gasteiger partial charge in [0.15, 0.2) is 0 Å². The van der Waals surface area contributed by atoms with Crippen LogP contribution < -0.4 is 5.32 Å². The maximum absolute atomic E-state index is 12.2. The summed E-state index contributed by atoms with van der Waals surface area (Å²) in [5.41, 5.74) is 0.141. The largest absolute Gasteiger partial charge is 0.471 e. The predicted molar refractivity (Wildman–Crippen MR) is 61.2 cm³/mol. The zero-order chi connectivity index (χ0) is 14.0. The van der Waals surface area contributed by atoms with Gasteiger partial charge in [-0.2, -0.15) is 18.4 Å². The second kappa shape index (κ2) is 4.80. The Bertz CT molecular complexity index is 662. The number of aromatic nitrogens is 4. The molecule has 1 amide bonds. The Balaban J connectivity index is 2.41. The number of nitrogens with one attached hydrogen (secondary N) is 2. The summed E-state index contributed by atoms with van der Waals surface area (Å²) >= 11 is 4.84. The van der Waals surface area contributed by atoms with Crippen LogP contribution in [0.1, 0.15) is 0 Å². The van der Waals surface area contributed by atoms with Crippen molar-refractivity contribution in [2.24, 2.45) is 0 Å². The summed E-state index contributed by atoms with van der Waals surface area (Å²) in [6.07, 6.45) is -4.97. The number of hydrogen-bond donors (Lipinski definition) is 2. The molecule has 0 spiro atoms. The molecule has 1 heterocycles. The number of H-pyrrole nitrogens is 1. The number of benzene rings is 1. The zero-order valence-electron chi connectivity index (χ0n) is 9.10. The summed E-state index contributed by atoms with van der Waals surface area (Å²) in [6.45, 7) is 0. The van der Waals surface area contributed by atoms with E-state index in [1.807, 2.05) is 0 Å². The van der Waals surface area contributed by atoms with Crippen LogP contribution in [-0.4, -0.2) is 32.3 Å². The topological polar surface area (TPSA) is 75.6 Å². The first-order valence-electron chi connectivity index (χ1n) is 4.87. The van der Waals surface area contributed by atoms with Crippen molar-refractivity contribution in [2.45, 2.75) is 6.18 Å². The Kier molecular flexibility index (Phi) is 3.34. The first kappa shape index (κ1) is 13.2. The fraction of sp³-hybridized carbons (Fsp3) is 0.111. The molecule has 10 heteroatoms. The maximum Gasteiger partial charge on any atom is 0.471 e. The van der Waals surface area contributed by atoms with E-state index in [2.05, 4.69) is 15.5 Å². The molecule has 0 aliphatic carbocycles. The molecule has 0 fully saturated rings. The number of nitrogens with zero attached hydrogens (tertiary/aromatic N) is 3. The third-order valence-corrected chi connectivity index (χ3v) is 2.39. The van der Waals surface area contributed by atoms with Crippen molar-refractivity contribution in [3.63, 3.8) is 0 Å². The van der Waals surface area contributed by atoms with Crippen LogP contribution in [0.3, 0.4) is 0 Å². The van der Waals surface area contributed by atoms with Crippen LogP contribution in [0.15, 0.2) is 24.3 Å². The van der Waals surface area contributed by atoms with Crippen LogP contribution in [0.25, 0.3) is 5.69 Å². The van der Waals surface area contributed by atoms with Gasteiger partial charge in [0, 0.05) is 0 Å². The molecule has 0 unspecified atom stereocenters. The molecule has 2 rings (SSSR count). The number of halogens is 3. The van der Waals surface area contributed by atoms with Crippen molar-refractivity contribution in [3.8, 4) is 5.69 Å². The second-order valence-corrected chi connectivity index (χ2v) is 3.75. The van der Waals surface area contributed by atoms with Crippen LogP contribution in [0, 0.1) is 4.77 Å². The molecule has 19 heavy (non-hydrogen) atoms. The minimum absolute atomic E-state index is 0.0220. The lowest BCUT2D eigenvalue weighted by molar-refractivity contribution is -0.167. The number of rotatable bonds is 2. The quantitative estimate of drug-likeness (QED) is 0.827. The molecule has 2 aromatic rings. The van der Waals surface area contributed by atoms with Gasteiger partial charge in [0.25, 0.3) is 0 Å². The van der Waals surface area contributed by atoms with Crippen molar-refractivity contribution in [1.29, 1.82) is 0 Å².